The van der Waals surface area contributed by atoms with Gasteiger partial charge in [0.25, 0.3) is 0 Å². The molecule has 4 nitrogen and oxygen atoms in total. The maximum absolute atomic E-state index is 10.4. The summed E-state index contributed by atoms with van der Waals surface area (Å²) < 4.78 is 11.2. The summed E-state index contributed by atoms with van der Waals surface area (Å²) in [7, 11) is 1.64. The van der Waals surface area contributed by atoms with Crippen LogP contribution < -0.4 is 9.47 Å². The number of hydrogen-bond donors (Lipinski definition) is 1. The molecule has 2 rings (SSSR count). The molecule has 1 aromatic carbocycles. The average Bonchev–Trinajstić information content (AvgIpc) is 2.61. The van der Waals surface area contributed by atoms with E-state index in [-0.39, 0.29) is 6.61 Å². The molecule has 24 heavy (non-hydrogen) atoms. The maximum atomic E-state index is 10.4. The lowest BCUT2D eigenvalue weighted by atomic mass is 10.00. The molecule has 134 valence electrons. The summed E-state index contributed by atoms with van der Waals surface area (Å²) in [6.07, 6.45) is 8.43. The number of rotatable bonds is 8. The number of piperidine rings is 1. The Morgan fingerprint density at radius 1 is 1.33 bits per heavy atom. The summed E-state index contributed by atoms with van der Waals surface area (Å²) in [6.45, 7) is 6.25. The summed E-state index contributed by atoms with van der Waals surface area (Å²) in [5.74, 6) is 1.37. The molecule has 0 radical (unpaired) electrons. The summed E-state index contributed by atoms with van der Waals surface area (Å²) in [5.41, 5.74) is 1.07. The molecule has 1 fully saturated rings. The number of β-amino-alcohol motifs (C(OH)–C–C–N with tert-alkyl or cyclic N) is 1. The molecule has 1 N–H and O–H groups in total. The van der Waals surface area contributed by atoms with E-state index in [1.54, 1.807) is 7.11 Å². The zero-order chi connectivity index (χ0) is 17.4. The fourth-order valence-electron chi connectivity index (χ4n) is 3.37. The van der Waals surface area contributed by atoms with Gasteiger partial charge in [-0.1, -0.05) is 31.6 Å². The normalized spacial score (nSPS) is 20.2. The van der Waals surface area contributed by atoms with Gasteiger partial charge in [-0.3, -0.25) is 4.90 Å². The van der Waals surface area contributed by atoms with Crippen molar-refractivity contribution in [3.63, 3.8) is 0 Å². The molecule has 0 bridgehead atoms. The Balaban J connectivity index is 1.90. The van der Waals surface area contributed by atoms with Crippen LogP contribution >= 0.6 is 0 Å². The molecule has 1 aliphatic heterocycles. The monoisotopic (exact) mass is 333 g/mol. The third-order valence-electron chi connectivity index (χ3n) is 4.64. The predicted octanol–water partition coefficient (Wildman–Crippen LogP) is 3.73. The Kier molecular flexibility index (Phi) is 7.60. The lowest BCUT2D eigenvalue weighted by molar-refractivity contribution is 0.0382. The van der Waals surface area contributed by atoms with Crippen molar-refractivity contribution in [2.24, 2.45) is 0 Å². The third kappa shape index (κ3) is 5.25. The first-order valence-electron chi connectivity index (χ1n) is 9.03. The standard InChI is InChI=1S/C20H31NO3/c1-4-8-16-10-11-19(20(13-16)23-3)24-15-18(22)14-21-12-7-6-9-17(21)5-2/h4,8,10-11,13,17-18,22H,5-7,9,12,14-15H2,1-3H3/b8-4+/t17-,18+/m1/s1. The predicted molar refractivity (Wildman–Crippen MR) is 98.7 cm³/mol. The Bertz CT molecular complexity index is 530. The SMILES string of the molecule is C/C=C/c1ccc(OC[C@@H](O)CN2CCCC[C@H]2CC)c(OC)c1. The van der Waals surface area contributed by atoms with Gasteiger partial charge in [0.15, 0.2) is 11.5 Å². The molecular weight excluding hydrogens is 302 g/mol. The quantitative estimate of drug-likeness (QED) is 0.787. The van der Waals surface area contributed by atoms with E-state index in [1.807, 2.05) is 37.3 Å². The zero-order valence-corrected chi connectivity index (χ0v) is 15.2. The summed E-state index contributed by atoms with van der Waals surface area (Å²) in [5, 5.41) is 10.4. The van der Waals surface area contributed by atoms with Gasteiger partial charge in [0, 0.05) is 12.6 Å². The van der Waals surface area contributed by atoms with E-state index in [0.717, 1.165) is 18.5 Å². The van der Waals surface area contributed by atoms with Gasteiger partial charge >= 0.3 is 0 Å². The number of hydrogen-bond acceptors (Lipinski definition) is 4. The van der Waals surface area contributed by atoms with Gasteiger partial charge in [0.1, 0.15) is 12.7 Å². The molecule has 0 amide bonds. The van der Waals surface area contributed by atoms with E-state index in [9.17, 15) is 5.11 Å². The van der Waals surface area contributed by atoms with Gasteiger partial charge in [0.05, 0.1) is 7.11 Å². The molecule has 4 heteroatoms. The van der Waals surface area contributed by atoms with Crippen molar-refractivity contribution in [3.8, 4) is 11.5 Å². The summed E-state index contributed by atoms with van der Waals surface area (Å²) >= 11 is 0. The first kappa shape index (κ1) is 18.8. The minimum atomic E-state index is -0.489. The number of methoxy groups -OCH3 is 1. The number of nitrogens with zero attached hydrogens (tertiary/aromatic N) is 1. The van der Waals surface area contributed by atoms with Crippen LogP contribution in [0.25, 0.3) is 6.08 Å². The molecule has 1 aliphatic rings. The van der Waals surface area contributed by atoms with Crippen molar-refractivity contribution in [3.05, 3.63) is 29.8 Å². The van der Waals surface area contributed by atoms with Crippen molar-refractivity contribution < 1.29 is 14.6 Å². The second kappa shape index (κ2) is 9.70. The molecule has 0 saturated carbocycles. The number of aliphatic hydroxyl groups is 1. The lowest BCUT2D eigenvalue weighted by Crippen LogP contribution is -2.44. The molecule has 0 aromatic heterocycles. The summed E-state index contributed by atoms with van der Waals surface area (Å²) in [6, 6.07) is 6.43. The number of likely N-dealkylation sites (tertiary alicyclic amines) is 1. The first-order chi connectivity index (χ1) is 11.7. The number of allylic oxidation sites excluding steroid dienone is 1. The van der Waals surface area contributed by atoms with Gasteiger partial charge in [-0.05, 0) is 50.4 Å². The molecule has 1 saturated heterocycles. The molecule has 0 aliphatic carbocycles. The van der Waals surface area contributed by atoms with Crippen LogP contribution in [0.2, 0.25) is 0 Å². The van der Waals surface area contributed by atoms with Crippen LogP contribution in [0.4, 0.5) is 0 Å². The van der Waals surface area contributed by atoms with E-state index in [4.69, 9.17) is 9.47 Å². The number of ether oxygens (including phenoxy) is 2. The fourth-order valence-corrected chi connectivity index (χ4v) is 3.37. The average molecular weight is 333 g/mol. The highest BCUT2D eigenvalue weighted by molar-refractivity contribution is 5.55. The van der Waals surface area contributed by atoms with Crippen LogP contribution in [-0.4, -0.2) is 49.0 Å². The molecule has 2 atom stereocenters. The Labute approximate surface area is 146 Å². The van der Waals surface area contributed by atoms with Crippen molar-refractivity contribution >= 4 is 6.08 Å². The van der Waals surface area contributed by atoms with E-state index < -0.39 is 6.10 Å². The van der Waals surface area contributed by atoms with Crippen LogP contribution in [0.3, 0.4) is 0 Å². The highest BCUT2D eigenvalue weighted by Crippen LogP contribution is 2.29. The lowest BCUT2D eigenvalue weighted by Gasteiger charge is -2.36. The second-order valence-corrected chi connectivity index (χ2v) is 6.43. The number of benzene rings is 1. The zero-order valence-electron chi connectivity index (χ0n) is 15.2. The van der Waals surface area contributed by atoms with Gasteiger partial charge in [-0.2, -0.15) is 0 Å². The van der Waals surface area contributed by atoms with Crippen molar-refractivity contribution in [2.75, 3.05) is 26.8 Å². The molecule has 1 aromatic rings. The van der Waals surface area contributed by atoms with Crippen molar-refractivity contribution in [1.29, 1.82) is 0 Å². The maximum Gasteiger partial charge on any atom is 0.161 e. The molecular formula is C20H31NO3. The van der Waals surface area contributed by atoms with Gasteiger partial charge in [-0.15, -0.1) is 0 Å². The Morgan fingerprint density at radius 2 is 2.17 bits per heavy atom. The van der Waals surface area contributed by atoms with E-state index in [1.165, 1.54) is 19.3 Å². The fraction of sp³-hybridized carbons (Fsp3) is 0.600. The highest BCUT2D eigenvalue weighted by Gasteiger charge is 2.23. The van der Waals surface area contributed by atoms with E-state index >= 15 is 0 Å². The Hall–Kier alpha value is -1.52. The largest absolute Gasteiger partial charge is 0.493 e. The van der Waals surface area contributed by atoms with Crippen LogP contribution in [0, 0.1) is 0 Å². The van der Waals surface area contributed by atoms with Gasteiger partial charge in [-0.25, -0.2) is 0 Å². The van der Waals surface area contributed by atoms with Crippen molar-refractivity contribution in [1.82, 2.24) is 4.90 Å². The van der Waals surface area contributed by atoms with E-state index in [0.29, 0.717) is 24.1 Å². The minimum absolute atomic E-state index is 0.284. The minimum Gasteiger partial charge on any atom is -0.493 e. The molecule has 1 heterocycles. The molecule has 0 unspecified atom stereocenters. The Morgan fingerprint density at radius 3 is 2.88 bits per heavy atom. The topological polar surface area (TPSA) is 41.9 Å². The highest BCUT2D eigenvalue weighted by atomic mass is 16.5. The second-order valence-electron chi connectivity index (χ2n) is 6.43. The third-order valence-corrected chi connectivity index (χ3v) is 4.64. The van der Waals surface area contributed by atoms with Crippen molar-refractivity contribution in [2.45, 2.75) is 51.7 Å². The van der Waals surface area contributed by atoms with E-state index in [2.05, 4.69) is 11.8 Å². The van der Waals surface area contributed by atoms with Crippen LogP contribution in [0.1, 0.15) is 45.1 Å². The summed E-state index contributed by atoms with van der Waals surface area (Å²) in [4.78, 5) is 2.41. The van der Waals surface area contributed by atoms with Crippen LogP contribution in [0.15, 0.2) is 24.3 Å². The first-order valence-corrected chi connectivity index (χ1v) is 9.03. The molecule has 0 spiro atoms. The van der Waals surface area contributed by atoms with Gasteiger partial charge in [0.2, 0.25) is 0 Å². The smallest absolute Gasteiger partial charge is 0.161 e. The number of aliphatic hydroxyl groups excluding tert-OH is 1. The van der Waals surface area contributed by atoms with Crippen LogP contribution in [0.5, 0.6) is 11.5 Å². The van der Waals surface area contributed by atoms with Gasteiger partial charge < -0.3 is 14.6 Å². The van der Waals surface area contributed by atoms with Crippen LogP contribution in [-0.2, 0) is 0 Å².